The van der Waals surface area contributed by atoms with Crippen LogP contribution in [0.15, 0.2) is 30.3 Å². The van der Waals surface area contributed by atoms with Gasteiger partial charge in [0.1, 0.15) is 0 Å². The number of carbonyl (C=O) groups excluding carboxylic acids is 1. The number of amides is 1. The van der Waals surface area contributed by atoms with Gasteiger partial charge < -0.3 is 15.0 Å². The van der Waals surface area contributed by atoms with Crippen LogP contribution >= 0.6 is 0 Å². The fraction of sp³-hybridized carbons (Fsp3) is 0.632. The minimum Gasteiger partial charge on any atom is -0.374 e. The van der Waals surface area contributed by atoms with Gasteiger partial charge in [-0.3, -0.25) is 9.69 Å². The summed E-state index contributed by atoms with van der Waals surface area (Å²) in [6.45, 7) is 6.56. The SMILES string of the molecule is CC[C@H](CNC(=O)CN1CCO[C@H](CN(C)C)C1)c1ccccc1. The second-order valence-electron chi connectivity index (χ2n) is 6.81. The number of ether oxygens (including phenoxy) is 1. The summed E-state index contributed by atoms with van der Waals surface area (Å²) in [5, 5.41) is 3.10. The third-order valence-electron chi connectivity index (χ3n) is 4.47. The van der Waals surface area contributed by atoms with Gasteiger partial charge in [0, 0.05) is 32.1 Å². The smallest absolute Gasteiger partial charge is 0.234 e. The first-order chi connectivity index (χ1) is 11.6. The standard InChI is InChI=1S/C19H31N3O2/c1-4-16(17-8-6-5-7-9-17)12-20-19(23)15-22-10-11-24-18(14-22)13-21(2)3/h5-9,16,18H,4,10-15H2,1-3H3,(H,20,23)/t16-,18-/m1/s1. The maximum atomic E-state index is 12.3. The van der Waals surface area contributed by atoms with Crippen LogP contribution in [-0.2, 0) is 9.53 Å². The predicted octanol–water partition coefficient (Wildman–Crippen LogP) is 1.56. The van der Waals surface area contributed by atoms with Gasteiger partial charge in [-0.05, 0) is 26.1 Å². The number of rotatable bonds is 8. The summed E-state index contributed by atoms with van der Waals surface area (Å²) in [6.07, 6.45) is 1.21. The van der Waals surface area contributed by atoms with Crippen molar-refractivity contribution in [3.05, 3.63) is 35.9 Å². The number of nitrogens with one attached hydrogen (secondary N) is 1. The number of carbonyl (C=O) groups is 1. The Hall–Kier alpha value is -1.43. The molecule has 2 atom stereocenters. The van der Waals surface area contributed by atoms with Crippen LogP contribution in [0.5, 0.6) is 0 Å². The maximum Gasteiger partial charge on any atom is 0.234 e. The zero-order chi connectivity index (χ0) is 17.4. The molecule has 1 aromatic rings. The molecule has 0 spiro atoms. The van der Waals surface area contributed by atoms with Gasteiger partial charge in [0.15, 0.2) is 0 Å². The van der Waals surface area contributed by atoms with E-state index in [1.807, 2.05) is 20.2 Å². The Labute approximate surface area is 146 Å². The lowest BCUT2D eigenvalue weighted by atomic mass is 9.96. The lowest BCUT2D eigenvalue weighted by molar-refractivity contribution is -0.124. The van der Waals surface area contributed by atoms with E-state index in [4.69, 9.17) is 4.74 Å². The molecule has 1 fully saturated rings. The predicted molar refractivity (Wildman–Crippen MR) is 97.2 cm³/mol. The average Bonchev–Trinajstić information content (AvgIpc) is 2.56. The highest BCUT2D eigenvalue weighted by Gasteiger charge is 2.22. The molecule has 0 saturated carbocycles. The molecule has 1 amide bonds. The number of likely N-dealkylation sites (N-methyl/N-ethyl adjacent to an activating group) is 1. The molecule has 1 aromatic carbocycles. The van der Waals surface area contributed by atoms with Gasteiger partial charge in [0.2, 0.25) is 5.91 Å². The van der Waals surface area contributed by atoms with Gasteiger partial charge in [0.25, 0.3) is 0 Å². The fourth-order valence-corrected chi connectivity index (χ4v) is 3.16. The molecular formula is C19H31N3O2. The molecule has 0 aliphatic carbocycles. The largest absolute Gasteiger partial charge is 0.374 e. The number of hydrogen-bond donors (Lipinski definition) is 1. The molecule has 5 nitrogen and oxygen atoms in total. The first-order valence-electron chi connectivity index (χ1n) is 8.88. The highest BCUT2D eigenvalue weighted by molar-refractivity contribution is 5.78. The molecule has 1 N–H and O–H groups in total. The van der Waals surface area contributed by atoms with Gasteiger partial charge >= 0.3 is 0 Å². The van der Waals surface area contributed by atoms with Gasteiger partial charge in [-0.25, -0.2) is 0 Å². The van der Waals surface area contributed by atoms with E-state index in [2.05, 4.69) is 46.3 Å². The van der Waals surface area contributed by atoms with E-state index in [1.54, 1.807) is 0 Å². The molecule has 1 saturated heterocycles. The van der Waals surface area contributed by atoms with Crippen molar-refractivity contribution in [1.82, 2.24) is 15.1 Å². The maximum absolute atomic E-state index is 12.3. The van der Waals surface area contributed by atoms with E-state index in [1.165, 1.54) is 5.56 Å². The third-order valence-corrected chi connectivity index (χ3v) is 4.47. The van der Waals surface area contributed by atoms with Crippen molar-refractivity contribution in [2.75, 3.05) is 53.4 Å². The summed E-state index contributed by atoms with van der Waals surface area (Å²) in [6, 6.07) is 10.4. The van der Waals surface area contributed by atoms with Crippen LogP contribution < -0.4 is 5.32 Å². The molecule has 1 aliphatic heterocycles. The van der Waals surface area contributed by atoms with Crippen LogP contribution in [0.3, 0.4) is 0 Å². The highest BCUT2D eigenvalue weighted by Crippen LogP contribution is 2.17. The van der Waals surface area contributed by atoms with Crippen molar-refractivity contribution in [1.29, 1.82) is 0 Å². The van der Waals surface area contributed by atoms with Crippen molar-refractivity contribution >= 4 is 5.91 Å². The Bertz CT molecular complexity index is 493. The summed E-state index contributed by atoms with van der Waals surface area (Å²) in [5.74, 6) is 0.483. The number of morpholine rings is 1. The van der Waals surface area contributed by atoms with Crippen LogP contribution in [0.4, 0.5) is 0 Å². The van der Waals surface area contributed by atoms with Crippen LogP contribution in [0.25, 0.3) is 0 Å². The number of benzene rings is 1. The highest BCUT2D eigenvalue weighted by atomic mass is 16.5. The normalized spacial score (nSPS) is 20.1. The van der Waals surface area contributed by atoms with E-state index < -0.39 is 0 Å². The van der Waals surface area contributed by atoms with E-state index in [0.717, 1.165) is 26.1 Å². The zero-order valence-electron chi connectivity index (χ0n) is 15.2. The molecular weight excluding hydrogens is 302 g/mol. The van der Waals surface area contributed by atoms with Crippen molar-refractivity contribution in [3.63, 3.8) is 0 Å². The molecule has 134 valence electrons. The Morgan fingerprint density at radius 1 is 1.38 bits per heavy atom. The molecule has 24 heavy (non-hydrogen) atoms. The molecule has 5 heteroatoms. The molecule has 1 aliphatic rings. The van der Waals surface area contributed by atoms with E-state index in [0.29, 0.717) is 25.6 Å². The van der Waals surface area contributed by atoms with Gasteiger partial charge in [-0.15, -0.1) is 0 Å². The molecule has 0 bridgehead atoms. The topological polar surface area (TPSA) is 44.8 Å². The lowest BCUT2D eigenvalue weighted by Gasteiger charge is -2.33. The first-order valence-corrected chi connectivity index (χ1v) is 8.88. The van der Waals surface area contributed by atoms with Crippen molar-refractivity contribution in [2.24, 2.45) is 0 Å². The van der Waals surface area contributed by atoms with Crippen LogP contribution in [0.1, 0.15) is 24.8 Å². The lowest BCUT2D eigenvalue weighted by Crippen LogP contribution is -2.49. The van der Waals surface area contributed by atoms with Gasteiger partial charge in [0.05, 0.1) is 19.3 Å². The van der Waals surface area contributed by atoms with Gasteiger partial charge in [-0.1, -0.05) is 37.3 Å². The quantitative estimate of drug-likeness (QED) is 0.784. The Morgan fingerprint density at radius 2 is 2.12 bits per heavy atom. The summed E-state index contributed by atoms with van der Waals surface area (Å²) in [5.41, 5.74) is 1.29. The van der Waals surface area contributed by atoms with E-state index in [-0.39, 0.29) is 12.0 Å². The zero-order valence-corrected chi connectivity index (χ0v) is 15.2. The van der Waals surface area contributed by atoms with Crippen LogP contribution in [0.2, 0.25) is 0 Å². The molecule has 0 radical (unpaired) electrons. The van der Waals surface area contributed by atoms with E-state index in [9.17, 15) is 4.79 Å². The monoisotopic (exact) mass is 333 g/mol. The number of hydrogen-bond acceptors (Lipinski definition) is 4. The second kappa shape index (κ2) is 9.77. The Kier molecular flexibility index (Phi) is 7.69. The third kappa shape index (κ3) is 6.23. The van der Waals surface area contributed by atoms with Crippen LogP contribution in [-0.4, -0.2) is 75.2 Å². The number of nitrogens with zero attached hydrogens (tertiary/aromatic N) is 2. The second-order valence-corrected chi connectivity index (χ2v) is 6.81. The molecule has 1 heterocycles. The van der Waals surface area contributed by atoms with Crippen molar-refractivity contribution < 1.29 is 9.53 Å². The van der Waals surface area contributed by atoms with Crippen molar-refractivity contribution in [3.8, 4) is 0 Å². The Balaban J connectivity index is 1.76. The summed E-state index contributed by atoms with van der Waals surface area (Å²) >= 11 is 0. The summed E-state index contributed by atoms with van der Waals surface area (Å²) in [4.78, 5) is 16.6. The molecule has 0 aromatic heterocycles. The van der Waals surface area contributed by atoms with E-state index >= 15 is 0 Å². The molecule has 0 unspecified atom stereocenters. The fourth-order valence-electron chi connectivity index (χ4n) is 3.16. The minimum atomic E-state index is 0.106. The molecule has 2 rings (SSSR count). The Morgan fingerprint density at radius 3 is 2.79 bits per heavy atom. The summed E-state index contributed by atoms with van der Waals surface area (Å²) < 4.78 is 5.76. The van der Waals surface area contributed by atoms with Crippen molar-refractivity contribution in [2.45, 2.75) is 25.4 Å². The summed E-state index contributed by atoms with van der Waals surface area (Å²) in [7, 11) is 4.09. The minimum absolute atomic E-state index is 0.106. The van der Waals surface area contributed by atoms with Gasteiger partial charge in [-0.2, -0.15) is 0 Å². The average molecular weight is 333 g/mol. The first kappa shape index (κ1) is 18.9. The van der Waals surface area contributed by atoms with Crippen LogP contribution in [0, 0.1) is 0 Å².